The van der Waals surface area contributed by atoms with Crippen LogP contribution in [0.25, 0.3) is 0 Å². The van der Waals surface area contributed by atoms with Crippen molar-refractivity contribution in [3.8, 4) is 0 Å². The number of carboxylic acids is 3. The number of carbonyl (C=O) groups is 3. The first-order valence-electron chi connectivity index (χ1n) is 3.70. The molecule has 0 aliphatic carbocycles. The van der Waals surface area contributed by atoms with E-state index in [-0.39, 0.29) is 116 Å². The second-order valence-corrected chi connectivity index (χ2v) is 2.10. The van der Waals surface area contributed by atoms with Gasteiger partial charge < -0.3 is 40.2 Å². The fraction of sp³-hybridized carbons (Fsp3) is 0.571. The van der Waals surface area contributed by atoms with Gasteiger partial charge in [-0.05, 0) is 6.92 Å². The van der Waals surface area contributed by atoms with Gasteiger partial charge in [-0.3, -0.25) is 0 Å². The standard InChI is InChI=1S/C3H8O3.C2H2O4.C2H4O2.2K/c4-1-3(6)2-5;3-1(4)2(5)6;1-2(3)4;;/h3-6H,1-2H2;(H,3,4)(H,5,6);1H3,(H,3,4);;/q;;;2*+1/p-2. The van der Waals surface area contributed by atoms with E-state index in [1.54, 1.807) is 0 Å². The predicted molar refractivity (Wildman–Crippen MR) is 43.5 cm³/mol. The van der Waals surface area contributed by atoms with Gasteiger partial charge in [-0.15, -0.1) is 0 Å². The van der Waals surface area contributed by atoms with Crippen LogP contribution in [0.4, 0.5) is 0 Å². The SMILES string of the molecule is CC(=O)[O-].O=C([O-])C(=O)O.OCC(O)CO.[K+].[K+]. The number of carboxylic acid groups (broad SMARTS) is 3. The zero-order valence-electron chi connectivity index (χ0n) is 10.3. The van der Waals surface area contributed by atoms with Crippen LogP contribution in [0.15, 0.2) is 0 Å². The number of aliphatic carboxylic acids is 3. The van der Waals surface area contributed by atoms with E-state index in [0.717, 1.165) is 6.92 Å². The molecule has 0 radical (unpaired) electrons. The quantitative estimate of drug-likeness (QED) is 0.284. The molecule has 11 heteroatoms. The molecule has 18 heavy (non-hydrogen) atoms. The first-order valence-corrected chi connectivity index (χ1v) is 3.70. The van der Waals surface area contributed by atoms with E-state index in [0.29, 0.717) is 0 Å². The number of aliphatic hydroxyl groups excluding tert-OH is 3. The van der Waals surface area contributed by atoms with Crippen LogP contribution in [0, 0.1) is 0 Å². The molecule has 0 saturated heterocycles. The third-order valence-electron chi connectivity index (χ3n) is 0.596. The summed E-state index contributed by atoms with van der Waals surface area (Å²) in [7, 11) is 0. The maximum Gasteiger partial charge on any atom is 1.00 e. The normalized spacial score (nSPS) is 7.17. The molecule has 0 atom stereocenters. The van der Waals surface area contributed by atoms with E-state index in [1.165, 1.54) is 0 Å². The Morgan fingerprint density at radius 2 is 1.22 bits per heavy atom. The van der Waals surface area contributed by atoms with Crippen molar-refractivity contribution in [1.29, 1.82) is 0 Å². The summed E-state index contributed by atoms with van der Waals surface area (Å²) in [5.41, 5.74) is 0. The summed E-state index contributed by atoms with van der Waals surface area (Å²) in [5.74, 6) is -5.09. The number of hydrogen-bond acceptors (Lipinski definition) is 8. The predicted octanol–water partition coefficient (Wildman–Crippen LogP) is -11.1. The van der Waals surface area contributed by atoms with Gasteiger partial charge in [0.1, 0.15) is 6.10 Å². The summed E-state index contributed by atoms with van der Waals surface area (Å²) >= 11 is 0. The Bertz CT molecular complexity index is 201. The molecule has 0 heterocycles. The number of carbonyl (C=O) groups excluding carboxylic acids is 2. The van der Waals surface area contributed by atoms with Gasteiger partial charge >= 0.3 is 109 Å². The summed E-state index contributed by atoms with van der Waals surface area (Å²) in [5, 5.41) is 49.2. The van der Waals surface area contributed by atoms with E-state index in [9.17, 15) is 0 Å². The molecular formula is C7H12K2O9. The molecule has 0 aliphatic heterocycles. The maximum absolute atomic E-state index is 9.04. The van der Waals surface area contributed by atoms with Crippen molar-refractivity contribution < 1.29 is 148 Å². The van der Waals surface area contributed by atoms with Crippen LogP contribution in [0.2, 0.25) is 0 Å². The zero-order valence-corrected chi connectivity index (χ0v) is 16.6. The van der Waals surface area contributed by atoms with Crippen LogP contribution in [0.1, 0.15) is 6.92 Å². The Kier molecular flexibility index (Phi) is 41.7. The molecule has 4 N–H and O–H groups in total. The topological polar surface area (TPSA) is 178 Å². The van der Waals surface area contributed by atoms with Crippen molar-refractivity contribution in [1.82, 2.24) is 0 Å². The summed E-state index contributed by atoms with van der Waals surface area (Å²) in [4.78, 5) is 26.9. The minimum atomic E-state index is -2.07. The fourth-order valence-electron chi connectivity index (χ4n) is 0.0577. The van der Waals surface area contributed by atoms with Crippen LogP contribution >= 0.6 is 0 Å². The van der Waals surface area contributed by atoms with Gasteiger partial charge in [-0.25, -0.2) is 4.79 Å². The Hall–Kier alpha value is 1.56. The molecule has 0 fully saturated rings. The van der Waals surface area contributed by atoms with Crippen molar-refractivity contribution in [3.05, 3.63) is 0 Å². The number of aliphatic hydroxyl groups is 3. The average Bonchev–Trinajstić information content (AvgIpc) is 2.16. The molecule has 0 unspecified atom stereocenters. The molecule has 0 aromatic carbocycles. The molecular weight excluding hydrogens is 306 g/mol. The van der Waals surface area contributed by atoms with Crippen molar-refractivity contribution >= 4 is 17.9 Å². The van der Waals surface area contributed by atoms with E-state index in [4.69, 9.17) is 45.0 Å². The van der Waals surface area contributed by atoms with Crippen LogP contribution in [0.5, 0.6) is 0 Å². The Labute approximate surface area is 188 Å². The molecule has 0 saturated carbocycles. The molecule has 0 bridgehead atoms. The van der Waals surface area contributed by atoms with Gasteiger partial charge in [-0.1, -0.05) is 0 Å². The maximum atomic E-state index is 9.04. The van der Waals surface area contributed by atoms with Gasteiger partial charge in [0.15, 0.2) is 5.97 Å². The monoisotopic (exact) mass is 318 g/mol. The van der Waals surface area contributed by atoms with Crippen molar-refractivity contribution in [3.63, 3.8) is 0 Å². The summed E-state index contributed by atoms with van der Waals surface area (Å²) in [6.07, 6.45) is -0.954. The third-order valence-corrected chi connectivity index (χ3v) is 0.596. The van der Waals surface area contributed by atoms with E-state index >= 15 is 0 Å². The van der Waals surface area contributed by atoms with Gasteiger partial charge in [-0.2, -0.15) is 0 Å². The molecule has 0 spiro atoms. The number of hydrogen-bond donors (Lipinski definition) is 4. The molecule has 0 aromatic rings. The fourth-order valence-corrected chi connectivity index (χ4v) is 0.0577. The largest absolute Gasteiger partial charge is 1.00 e. The smallest absolute Gasteiger partial charge is 0.550 e. The minimum Gasteiger partial charge on any atom is -0.550 e. The third kappa shape index (κ3) is 52.7. The Balaban J connectivity index is -0.0000000454. The van der Waals surface area contributed by atoms with Gasteiger partial charge in [0.2, 0.25) is 0 Å². The van der Waals surface area contributed by atoms with E-state index in [1.807, 2.05) is 0 Å². The molecule has 0 amide bonds. The molecule has 9 nitrogen and oxygen atoms in total. The van der Waals surface area contributed by atoms with Crippen LogP contribution in [-0.2, 0) is 14.4 Å². The van der Waals surface area contributed by atoms with Crippen molar-refractivity contribution in [2.45, 2.75) is 13.0 Å². The summed E-state index contributed by atoms with van der Waals surface area (Å²) < 4.78 is 0. The van der Waals surface area contributed by atoms with Crippen LogP contribution in [-0.4, -0.2) is 57.7 Å². The average molecular weight is 318 g/mol. The van der Waals surface area contributed by atoms with Crippen LogP contribution in [0.3, 0.4) is 0 Å². The Morgan fingerprint density at radius 1 is 1.06 bits per heavy atom. The van der Waals surface area contributed by atoms with Gasteiger partial charge in [0.25, 0.3) is 0 Å². The Morgan fingerprint density at radius 3 is 1.22 bits per heavy atom. The van der Waals surface area contributed by atoms with E-state index in [2.05, 4.69) is 0 Å². The van der Waals surface area contributed by atoms with Crippen molar-refractivity contribution in [2.75, 3.05) is 13.2 Å². The molecule has 96 valence electrons. The van der Waals surface area contributed by atoms with E-state index < -0.39 is 24.0 Å². The molecule has 0 aromatic heterocycles. The number of rotatable bonds is 2. The van der Waals surface area contributed by atoms with Crippen LogP contribution < -0.4 is 113 Å². The second-order valence-electron chi connectivity index (χ2n) is 2.10. The second kappa shape index (κ2) is 23.6. The molecule has 0 rings (SSSR count). The summed E-state index contributed by atoms with van der Waals surface area (Å²) in [6.45, 7) is 0.243. The molecule has 0 aliphatic rings. The minimum absolute atomic E-state index is 0. The van der Waals surface area contributed by atoms with Crippen molar-refractivity contribution in [2.24, 2.45) is 0 Å². The first-order chi connectivity index (χ1) is 7.18. The van der Waals surface area contributed by atoms with Gasteiger partial charge in [0, 0.05) is 5.97 Å². The summed E-state index contributed by atoms with van der Waals surface area (Å²) in [6, 6.07) is 0. The van der Waals surface area contributed by atoms with Gasteiger partial charge in [0.05, 0.1) is 13.2 Å². The first kappa shape index (κ1) is 31.8. The zero-order chi connectivity index (χ0) is 13.7.